The topological polar surface area (TPSA) is 114 Å². The first kappa shape index (κ1) is 21.0. The van der Waals surface area contributed by atoms with Gasteiger partial charge in [-0.2, -0.15) is 0 Å². The smallest absolute Gasteiger partial charge is 0.493 e. The maximum Gasteiger partial charge on any atom is 0.514 e. The molecule has 0 saturated carbocycles. The minimum absolute atomic E-state index is 0.00965. The van der Waals surface area contributed by atoms with Gasteiger partial charge in [-0.25, -0.2) is 4.79 Å². The average Bonchev–Trinajstić information content (AvgIpc) is 3.03. The molecule has 0 N–H and O–H groups in total. The second-order valence-corrected chi connectivity index (χ2v) is 8.50. The average molecular weight is 430 g/mol. The Morgan fingerprint density at radius 3 is 2.45 bits per heavy atom. The molecule has 0 bridgehead atoms. The van der Waals surface area contributed by atoms with Crippen LogP contribution in [0, 0.1) is 0 Å². The molecule has 164 valence electrons. The number of esters is 1. The van der Waals surface area contributed by atoms with E-state index in [1.54, 1.807) is 27.7 Å². The zero-order chi connectivity index (χ0) is 22.7. The van der Waals surface area contributed by atoms with Gasteiger partial charge in [0.2, 0.25) is 0 Å². The summed E-state index contributed by atoms with van der Waals surface area (Å²) in [7, 11) is 1.35. The molecule has 3 atom stereocenters. The molecule has 31 heavy (non-hydrogen) atoms. The quantitative estimate of drug-likeness (QED) is 0.516. The van der Waals surface area contributed by atoms with Crippen molar-refractivity contribution in [1.29, 1.82) is 0 Å². The van der Waals surface area contributed by atoms with Crippen LogP contribution < -0.4 is 9.47 Å². The molecule has 1 fully saturated rings. The van der Waals surface area contributed by atoms with E-state index in [2.05, 4.69) is 0 Å². The largest absolute Gasteiger partial charge is 0.514 e. The molecule has 0 amide bonds. The van der Waals surface area contributed by atoms with Crippen LogP contribution in [0.1, 0.15) is 54.8 Å². The van der Waals surface area contributed by atoms with Crippen LogP contribution >= 0.6 is 0 Å². The predicted molar refractivity (Wildman–Crippen MR) is 104 cm³/mol. The van der Waals surface area contributed by atoms with Crippen molar-refractivity contribution in [2.24, 2.45) is 0 Å². The summed E-state index contributed by atoms with van der Waals surface area (Å²) in [6.45, 7) is 6.62. The number of hydrogen-bond acceptors (Lipinski definition) is 9. The Hall–Kier alpha value is -3.20. The lowest BCUT2D eigenvalue weighted by Crippen LogP contribution is -2.44. The van der Waals surface area contributed by atoms with E-state index in [0.29, 0.717) is 0 Å². The lowest BCUT2D eigenvalue weighted by molar-refractivity contribution is -0.140. The van der Waals surface area contributed by atoms with Crippen LogP contribution in [0.15, 0.2) is 23.3 Å². The molecule has 0 unspecified atom stereocenters. The van der Waals surface area contributed by atoms with Crippen molar-refractivity contribution in [3.63, 3.8) is 0 Å². The van der Waals surface area contributed by atoms with Crippen molar-refractivity contribution in [3.05, 3.63) is 34.4 Å². The van der Waals surface area contributed by atoms with Gasteiger partial charge in [0, 0.05) is 11.1 Å². The zero-order valence-electron chi connectivity index (χ0n) is 17.8. The number of carbonyl (C=O) groups excluding carboxylic acids is 4. The van der Waals surface area contributed by atoms with Gasteiger partial charge in [0.15, 0.2) is 29.2 Å². The van der Waals surface area contributed by atoms with Gasteiger partial charge in [-0.15, -0.1) is 0 Å². The van der Waals surface area contributed by atoms with Crippen molar-refractivity contribution in [2.45, 2.75) is 58.0 Å². The highest BCUT2D eigenvalue weighted by molar-refractivity contribution is 6.29. The van der Waals surface area contributed by atoms with E-state index in [1.165, 1.54) is 19.2 Å². The molecule has 1 saturated heterocycles. The van der Waals surface area contributed by atoms with E-state index in [4.69, 9.17) is 23.7 Å². The minimum Gasteiger partial charge on any atom is -0.493 e. The summed E-state index contributed by atoms with van der Waals surface area (Å²) < 4.78 is 26.9. The Morgan fingerprint density at radius 1 is 1.10 bits per heavy atom. The third-order valence-electron chi connectivity index (χ3n) is 5.20. The van der Waals surface area contributed by atoms with Gasteiger partial charge in [0.05, 0.1) is 30.8 Å². The lowest BCUT2D eigenvalue weighted by Gasteiger charge is -2.35. The Balaban J connectivity index is 1.83. The molecule has 3 aliphatic rings. The predicted octanol–water partition coefficient (Wildman–Crippen LogP) is 2.79. The molecule has 4 rings (SSSR count). The summed E-state index contributed by atoms with van der Waals surface area (Å²) in [5, 5.41) is 0. The summed E-state index contributed by atoms with van der Waals surface area (Å²) in [5.41, 5.74) is -0.732. The molecular formula is C22H22O9. The van der Waals surface area contributed by atoms with Gasteiger partial charge >= 0.3 is 12.1 Å². The second kappa shape index (κ2) is 7.19. The molecule has 1 aliphatic carbocycles. The standard InChI is InChI=1S/C22H22O9/c1-9-14-16(20-12(28-9)8-13(23)29-20)17(24)10-6-7-11(27-5)19(15(10)18(14)25)30-21(26)31-22(2,3)4/h6-7,9,12,20H,8H2,1-5H3/t9-,12-,20+/m0/s1. The normalized spacial score (nSPS) is 24.8. The van der Waals surface area contributed by atoms with Crippen LogP contribution in [-0.4, -0.2) is 54.7 Å². The fourth-order valence-electron chi connectivity index (χ4n) is 4.04. The number of ketones is 2. The Labute approximate surface area is 178 Å². The van der Waals surface area contributed by atoms with Crippen LogP contribution in [0.4, 0.5) is 4.79 Å². The van der Waals surface area contributed by atoms with E-state index in [1.807, 2.05) is 0 Å². The molecule has 9 nitrogen and oxygen atoms in total. The molecule has 2 heterocycles. The zero-order valence-corrected chi connectivity index (χ0v) is 17.8. The first-order chi connectivity index (χ1) is 14.5. The highest BCUT2D eigenvalue weighted by Gasteiger charge is 2.51. The highest BCUT2D eigenvalue weighted by atomic mass is 16.7. The summed E-state index contributed by atoms with van der Waals surface area (Å²) >= 11 is 0. The van der Waals surface area contributed by atoms with E-state index in [-0.39, 0.29) is 40.2 Å². The molecule has 0 radical (unpaired) electrons. The van der Waals surface area contributed by atoms with Crippen molar-refractivity contribution in [1.82, 2.24) is 0 Å². The van der Waals surface area contributed by atoms with Crippen molar-refractivity contribution in [2.75, 3.05) is 7.11 Å². The van der Waals surface area contributed by atoms with E-state index in [9.17, 15) is 19.2 Å². The van der Waals surface area contributed by atoms with Gasteiger partial charge in [-0.05, 0) is 39.8 Å². The number of carbonyl (C=O) groups is 4. The number of ether oxygens (including phenoxy) is 5. The summed E-state index contributed by atoms with van der Waals surface area (Å²) in [6.07, 6.45) is -3.36. The second-order valence-electron chi connectivity index (χ2n) is 8.50. The Bertz CT molecular complexity index is 1040. The third-order valence-corrected chi connectivity index (χ3v) is 5.20. The van der Waals surface area contributed by atoms with Crippen LogP contribution in [0.5, 0.6) is 11.5 Å². The highest BCUT2D eigenvalue weighted by Crippen LogP contribution is 2.45. The maximum atomic E-state index is 13.5. The van der Waals surface area contributed by atoms with Gasteiger partial charge in [0.25, 0.3) is 0 Å². The van der Waals surface area contributed by atoms with Gasteiger partial charge in [-0.3, -0.25) is 14.4 Å². The first-order valence-electron chi connectivity index (χ1n) is 9.82. The van der Waals surface area contributed by atoms with Crippen molar-refractivity contribution >= 4 is 23.7 Å². The maximum absolute atomic E-state index is 13.5. The number of hydrogen-bond donors (Lipinski definition) is 0. The minimum atomic E-state index is -1.04. The number of Topliss-reactive ketones (excluding diaryl/α,β-unsaturated/α-hetero) is 2. The van der Waals surface area contributed by atoms with E-state index >= 15 is 0 Å². The summed E-state index contributed by atoms with van der Waals surface area (Å²) in [6, 6.07) is 2.85. The van der Waals surface area contributed by atoms with Crippen molar-refractivity contribution in [3.8, 4) is 11.5 Å². The summed E-state index contributed by atoms with van der Waals surface area (Å²) in [5.74, 6) is -1.66. The van der Waals surface area contributed by atoms with Gasteiger partial charge in [-0.1, -0.05) is 0 Å². The molecule has 1 aromatic rings. The Morgan fingerprint density at radius 2 is 1.81 bits per heavy atom. The summed E-state index contributed by atoms with van der Waals surface area (Å²) in [4.78, 5) is 51.0. The van der Waals surface area contributed by atoms with Crippen LogP contribution in [0.2, 0.25) is 0 Å². The Kier molecular flexibility index (Phi) is 4.88. The molecule has 0 spiro atoms. The third kappa shape index (κ3) is 3.48. The molecule has 2 aliphatic heterocycles. The van der Waals surface area contributed by atoms with Crippen LogP contribution in [0.3, 0.4) is 0 Å². The number of methoxy groups -OCH3 is 1. The van der Waals surface area contributed by atoms with E-state index < -0.39 is 47.6 Å². The molecule has 0 aromatic heterocycles. The fourth-order valence-corrected chi connectivity index (χ4v) is 4.04. The van der Waals surface area contributed by atoms with Crippen LogP contribution in [-0.2, 0) is 19.0 Å². The van der Waals surface area contributed by atoms with Crippen molar-refractivity contribution < 1.29 is 42.9 Å². The fraction of sp³-hybridized carbons (Fsp3) is 0.455. The SMILES string of the molecule is COc1ccc2c(c1OC(=O)OC(C)(C)C)C(=O)C1=C(C2=O)[C@@H]2OC(=O)C[C@@H]2O[C@H]1C. The van der Waals surface area contributed by atoms with Gasteiger partial charge in [0.1, 0.15) is 11.7 Å². The van der Waals surface area contributed by atoms with Crippen LogP contribution in [0.25, 0.3) is 0 Å². The first-order valence-corrected chi connectivity index (χ1v) is 9.82. The number of benzene rings is 1. The molecular weight excluding hydrogens is 408 g/mol. The number of fused-ring (bicyclic) bond motifs is 3. The molecule has 1 aromatic carbocycles. The van der Waals surface area contributed by atoms with Gasteiger partial charge < -0.3 is 23.7 Å². The lowest BCUT2D eigenvalue weighted by atomic mass is 9.77. The molecule has 9 heteroatoms. The van der Waals surface area contributed by atoms with E-state index in [0.717, 1.165) is 0 Å². The number of rotatable bonds is 2. The monoisotopic (exact) mass is 430 g/mol.